The van der Waals surface area contributed by atoms with Crippen molar-refractivity contribution < 1.29 is 9.18 Å². The SMILES string of the molecule is Cc1nc2ccccc2n1[C@H]1C[C@H]2CC[C@@H](C1)N2CCC1(c2cccc(F)c2)CCN(C(=O)c2c[nH]nc2N)CC1. The molecule has 2 aromatic heterocycles. The molecule has 3 aliphatic rings. The minimum atomic E-state index is -0.199. The van der Waals surface area contributed by atoms with Crippen LogP contribution in [0.3, 0.4) is 0 Å². The van der Waals surface area contributed by atoms with Crippen LogP contribution in [0.15, 0.2) is 54.7 Å². The normalized spacial score (nSPS) is 24.2. The van der Waals surface area contributed by atoms with Gasteiger partial charge in [-0.2, -0.15) is 5.10 Å². The monoisotopic (exact) mass is 555 g/mol. The first kappa shape index (κ1) is 26.2. The molecule has 41 heavy (non-hydrogen) atoms. The predicted octanol–water partition coefficient (Wildman–Crippen LogP) is 5.22. The summed E-state index contributed by atoms with van der Waals surface area (Å²) in [5.41, 5.74) is 9.53. The summed E-state index contributed by atoms with van der Waals surface area (Å²) in [6.45, 7) is 4.35. The van der Waals surface area contributed by atoms with E-state index in [9.17, 15) is 9.18 Å². The number of carbonyl (C=O) groups excluding carboxylic acids is 1. The average molecular weight is 556 g/mol. The van der Waals surface area contributed by atoms with E-state index in [-0.39, 0.29) is 23.0 Å². The number of benzene rings is 2. The molecule has 3 atom stereocenters. The van der Waals surface area contributed by atoms with Crippen LogP contribution < -0.4 is 5.73 Å². The second kappa shape index (κ2) is 10.3. The number of para-hydroxylation sites is 2. The van der Waals surface area contributed by atoms with Gasteiger partial charge in [0.25, 0.3) is 5.91 Å². The Balaban J connectivity index is 1.08. The third-order valence-corrected chi connectivity index (χ3v) is 10.2. The number of hydrogen-bond acceptors (Lipinski definition) is 5. The number of H-pyrrole nitrogens is 1. The lowest BCUT2D eigenvalue weighted by molar-refractivity contribution is 0.0607. The lowest BCUT2D eigenvalue weighted by Crippen LogP contribution is -2.49. The Hall–Kier alpha value is -3.72. The highest BCUT2D eigenvalue weighted by Crippen LogP contribution is 2.45. The maximum atomic E-state index is 14.5. The smallest absolute Gasteiger partial charge is 0.259 e. The van der Waals surface area contributed by atoms with Gasteiger partial charge < -0.3 is 15.2 Å². The van der Waals surface area contributed by atoms with Crippen molar-refractivity contribution in [1.29, 1.82) is 0 Å². The minimum Gasteiger partial charge on any atom is -0.382 e. The third-order valence-electron chi connectivity index (χ3n) is 10.2. The van der Waals surface area contributed by atoms with Crippen molar-refractivity contribution in [3.05, 3.63) is 77.5 Å². The molecule has 3 fully saturated rings. The summed E-state index contributed by atoms with van der Waals surface area (Å²) in [6, 6.07) is 17.2. The number of rotatable bonds is 6. The summed E-state index contributed by atoms with van der Waals surface area (Å²) in [6.07, 6.45) is 8.86. The van der Waals surface area contributed by atoms with Gasteiger partial charge in [-0.3, -0.25) is 14.8 Å². The molecule has 9 heteroatoms. The topological polar surface area (TPSA) is 96.1 Å². The molecule has 3 N–H and O–H groups in total. The van der Waals surface area contributed by atoms with Gasteiger partial charge in [-0.1, -0.05) is 24.3 Å². The molecule has 0 radical (unpaired) electrons. The zero-order valence-electron chi connectivity index (χ0n) is 23.6. The number of likely N-dealkylation sites (tertiary alicyclic amines) is 1. The van der Waals surface area contributed by atoms with E-state index >= 15 is 0 Å². The van der Waals surface area contributed by atoms with E-state index in [0.717, 1.165) is 55.6 Å². The number of aromatic nitrogens is 4. The number of halogens is 1. The molecule has 8 nitrogen and oxygen atoms in total. The van der Waals surface area contributed by atoms with Crippen molar-refractivity contribution in [2.24, 2.45) is 0 Å². The van der Waals surface area contributed by atoms with Crippen LogP contribution in [-0.4, -0.2) is 67.2 Å². The van der Waals surface area contributed by atoms with Crippen LogP contribution in [0.25, 0.3) is 11.0 Å². The van der Waals surface area contributed by atoms with Crippen LogP contribution in [0.5, 0.6) is 0 Å². The van der Waals surface area contributed by atoms with E-state index in [4.69, 9.17) is 10.7 Å². The number of aromatic amines is 1. The average Bonchev–Trinajstić information content (AvgIpc) is 3.63. The van der Waals surface area contributed by atoms with Crippen molar-refractivity contribution in [3.8, 4) is 0 Å². The molecule has 5 heterocycles. The first-order valence-electron chi connectivity index (χ1n) is 15.0. The largest absolute Gasteiger partial charge is 0.382 e. The van der Waals surface area contributed by atoms with Crippen molar-refractivity contribution >= 4 is 22.8 Å². The van der Waals surface area contributed by atoms with Crippen molar-refractivity contribution in [2.45, 2.75) is 75.4 Å². The summed E-state index contributed by atoms with van der Waals surface area (Å²) in [5, 5.41) is 6.60. The number of imidazole rings is 1. The van der Waals surface area contributed by atoms with Gasteiger partial charge in [0, 0.05) is 37.4 Å². The number of fused-ring (bicyclic) bond motifs is 3. The highest BCUT2D eigenvalue weighted by atomic mass is 19.1. The van der Waals surface area contributed by atoms with E-state index in [0.29, 0.717) is 36.8 Å². The molecule has 214 valence electrons. The second-order valence-electron chi connectivity index (χ2n) is 12.3. The van der Waals surface area contributed by atoms with E-state index in [1.165, 1.54) is 24.4 Å². The Labute approximate surface area is 239 Å². The van der Waals surface area contributed by atoms with Gasteiger partial charge >= 0.3 is 0 Å². The fraction of sp³-hybridized carbons (Fsp3) is 0.469. The molecule has 0 aliphatic carbocycles. The molecule has 7 rings (SSSR count). The van der Waals surface area contributed by atoms with Crippen LogP contribution in [0.1, 0.15) is 72.7 Å². The Morgan fingerprint density at radius 3 is 2.54 bits per heavy atom. The number of anilines is 1. The van der Waals surface area contributed by atoms with Crippen LogP contribution in [0.4, 0.5) is 10.2 Å². The number of amides is 1. The van der Waals surface area contributed by atoms with Crippen molar-refractivity contribution in [3.63, 3.8) is 0 Å². The third kappa shape index (κ3) is 4.60. The molecular weight excluding hydrogens is 517 g/mol. The van der Waals surface area contributed by atoms with Crippen LogP contribution in [0.2, 0.25) is 0 Å². The summed E-state index contributed by atoms with van der Waals surface area (Å²) < 4.78 is 16.9. The lowest BCUT2D eigenvalue weighted by Gasteiger charge is -2.45. The summed E-state index contributed by atoms with van der Waals surface area (Å²) in [7, 11) is 0. The van der Waals surface area contributed by atoms with Crippen molar-refractivity contribution in [2.75, 3.05) is 25.4 Å². The fourth-order valence-corrected chi connectivity index (χ4v) is 8.07. The van der Waals surface area contributed by atoms with E-state index < -0.39 is 0 Å². The molecule has 2 bridgehead atoms. The van der Waals surface area contributed by atoms with Crippen molar-refractivity contribution in [1.82, 2.24) is 29.5 Å². The molecular formula is C32H38FN7O. The molecule has 3 saturated heterocycles. The number of nitrogen functional groups attached to an aromatic ring is 1. The summed E-state index contributed by atoms with van der Waals surface area (Å²) in [5.74, 6) is 1.05. The predicted molar refractivity (Wildman–Crippen MR) is 157 cm³/mol. The molecule has 2 aromatic carbocycles. The number of carbonyl (C=O) groups is 1. The maximum Gasteiger partial charge on any atom is 0.259 e. The minimum absolute atomic E-state index is 0.0912. The highest BCUT2D eigenvalue weighted by Gasteiger charge is 2.44. The van der Waals surface area contributed by atoms with Gasteiger partial charge in [0.15, 0.2) is 5.82 Å². The Bertz CT molecular complexity index is 1560. The fourth-order valence-electron chi connectivity index (χ4n) is 8.07. The summed E-state index contributed by atoms with van der Waals surface area (Å²) >= 11 is 0. The zero-order valence-corrected chi connectivity index (χ0v) is 23.6. The Kier molecular flexibility index (Phi) is 6.57. The second-order valence-corrected chi connectivity index (χ2v) is 12.3. The molecule has 0 spiro atoms. The number of piperidine rings is 2. The molecule has 0 unspecified atom stereocenters. The Morgan fingerprint density at radius 1 is 1.07 bits per heavy atom. The van der Waals surface area contributed by atoms with E-state index in [2.05, 4.69) is 56.9 Å². The number of hydrogen-bond donors (Lipinski definition) is 2. The van der Waals surface area contributed by atoms with E-state index in [1.54, 1.807) is 12.3 Å². The molecule has 4 aromatic rings. The lowest BCUT2D eigenvalue weighted by atomic mass is 9.70. The van der Waals surface area contributed by atoms with Gasteiger partial charge in [-0.15, -0.1) is 0 Å². The van der Waals surface area contributed by atoms with Gasteiger partial charge in [-0.25, -0.2) is 9.37 Å². The molecule has 3 aliphatic heterocycles. The summed E-state index contributed by atoms with van der Waals surface area (Å²) in [4.78, 5) is 22.6. The highest BCUT2D eigenvalue weighted by molar-refractivity contribution is 5.98. The van der Waals surface area contributed by atoms with Gasteiger partial charge in [0.05, 0.1) is 11.0 Å². The van der Waals surface area contributed by atoms with Crippen LogP contribution in [-0.2, 0) is 5.41 Å². The van der Waals surface area contributed by atoms with E-state index in [1.807, 2.05) is 11.0 Å². The molecule has 0 saturated carbocycles. The maximum absolute atomic E-state index is 14.5. The number of nitrogens with one attached hydrogen (secondary N) is 1. The van der Waals surface area contributed by atoms with Crippen LogP contribution >= 0.6 is 0 Å². The first-order chi connectivity index (χ1) is 19.9. The first-order valence-corrected chi connectivity index (χ1v) is 15.0. The zero-order chi connectivity index (χ0) is 28.1. The van der Waals surface area contributed by atoms with Gasteiger partial charge in [0.1, 0.15) is 17.2 Å². The quantitative estimate of drug-likeness (QED) is 0.340. The standard InChI is InChI=1S/C32H38FN7O/c1-21-36-28-7-2-3-8-29(28)40(21)26-18-24-9-10-25(19-26)39(24)16-13-32(22-5-4-6-23(33)17-22)11-14-38(15-12-32)31(41)27-20-35-37-30(27)34/h2-8,17,20,24-26H,9-16,18-19H2,1H3,(H3,34,35,37)/t24-,25+,26+. The molecule has 1 amide bonds. The number of aryl methyl sites for hydroxylation is 1. The Morgan fingerprint density at radius 2 is 1.83 bits per heavy atom. The number of nitrogens with two attached hydrogens (primary N) is 1. The van der Waals surface area contributed by atoms with Gasteiger partial charge in [0.2, 0.25) is 0 Å². The van der Waals surface area contributed by atoms with Gasteiger partial charge in [-0.05, 0) is 93.7 Å². The number of nitrogens with zero attached hydrogens (tertiary/aromatic N) is 5. The van der Waals surface area contributed by atoms with Crippen LogP contribution in [0, 0.1) is 12.7 Å².